The van der Waals surface area contributed by atoms with Crippen LogP contribution in [-0.2, 0) is 13.1 Å². The Labute approximate surface area is 151 Å². The van der Waals surface area contributed by atoms with Crippen LogP contribution < -0.4 is 43.6 Å². The van der Waals surface area contributed by atoms with Gasteiger partial charge in [0.05, 0.1) is 13.1 Å². The van der Waals surface area contributed by atoms with Crippen LogP contribution in [0.3, 0.4) is 0 Å². The van der Waals surface area contributed by atoms with Gasteiger partial charge in [-0.2, -0.15) is 0 Å². The number of aryl methyl sites for hydroxylation is 2. The maximum atomic E-state index is 5.73. The fraction of sp³-hybridized carbons (Fsp3) is 0.286. The molecule has 0 aliphatic carbocycles. The van der Waals surface area contributed by atoms with Crippen LogP contribution in [0.5, 0.6) is 0 Å². The van der Waals surface area contributed by atoms with Crippen LogP contribution in [-0.4, -0.2) is 22.1 Å². The number of hydrogen-bond donors (Lipinski definition) is 8. The lowest BCUT2D eigenvalue weighted by Crippen LogP contribution is -2.78. The summed E-state index contributed by atoms with van der Waals surface area (Å²) in [5.41, 5.74) is 26.7. The fourth-order valence-corrected chi connectivity index (χ4v) is 2.27. The normalized spacial score (nSPS) is 11.9. The van der Waals surface area contributed by atoms with Crippen LogP contribution in [0.1, 0.15) is 22.3 Å². The molecule has 0 unspecified atom stereocenters. The second kappa shape index (κ2) is 8.99. The molecule has 0 saturated carbocycles. The van der Waals surface area contributed by atoms with Gasteiger partial charge in [-0.15, -0.1) is 0 Å². The number of rotatable bonds is 4. The molecule has 0 bridgehead atoms. The molecule has 10 heteroatoms. The Morgan fingerprint density at radius 2 is 1.17 bits per heavy atom. The van der Waals surface area contributed by atoms with E-state index in [0.29, 0.717) is 25.0 Å². The first kappa shape index (κ1) is 19.6. The van der Waals surface area contributed by atoms with E-state index in [1.165, 1.54) is 0 Å². The minimum atomic E-state index is 0.119. The number of hydrogen-bond acceptors (Lipinski definition) is 2. The zero-order chi connectivity index (χ0) is 18.3. The van der Waals surface area contributed by atoms with Gasteiger partial charge in [0.1, 0.15) is 0 Å². The summed E-state index contributed by atoms with van der Waals surface area (Å²) < 4.78 is 0. The minimum absolute atomic E-state index is 0.119. The van der Waals surface area contributed by atoms with E-state index in [1.807, 2.05) is 13.8 Å². The van der Waals surface area contributed by atoms with Crippen molar-refractivity contribution in [3.05, 3.63) is 34.4 Å². The van der Waals surface area contributed by atoms with Gasteiger partial charge in [-0.05, 0) is 60.5 Å². The number of nitrogens with two attached hydrogens (primary N) is 4. The maximum absolute atomic E-state index is 5.73. The summed E-state index contributed by atoms with van der Waals surface area (Å²) in [5, 5.41) is 5.53. The van der Waals surface area contributed by atoms with Gasteiger partial charge in [0.15, 0.2) is 0 Å². The zero-order valence-corrected chi connectivity index (χ0v) is 15.3. The molecular weight excluding hydrogens is 344 g/mol. The van der Waals surface area contributed by atoms with Crippen LogP contribution in [0, 0.1) is 13.8 Å². The minimum Gasteiger partial charge on any atom is -0.363 e. The van der Waals surface area contributed by atoms with Crippen LogP contribution >= 0.6 is 24.4 Å². The van der Waals surface area contributed by atoms with Crippen molar-refractivity contribution in [2.45, 2.75) is 26.9 Å². The SMILES string of the molecule is Cc1cc(C[NH+]=C(N)NC(N)=S)c(C)cc1C[NH+]=C(N)NC(N)=S. The molecule has 0 saturated heterocycles. The average molecular weight is 369 g/mol. The molecule has 130 valence electrons. The monoisotopic (exact) mass is 368 g/mol. The Hall–Kier alpha value is -2.46. The van der Waals surface area contributed by atoms with Gasteiger partial charge >= 0.3 is 11.9 Å². The van der Waals surface area contributed by atoms with Gasteiger partial charge in [-0.1, -0.05) is 12.1 Å². The van der Waals surface area contributed by atoms with Gasteiger partial charge in [-0.25, -0.2) is 10.6 Å². The second-order valence-corrected chi connectivity index (χ2v) is 6.10. The van der Waals surface area contributed by atoms with E-state index in [0.717, 1.165) is 22.3 Å². The first-order valence-corrected chi connectivity index (χ1v) is 7.95. The molecule has 12 N–H and O–H groups in total. The standard InChI is InChI=1S/C14H22N8S2/c1-7-3-10(6-20-12(16)22-14(18)24)8(2)4-9(7)5-19-11(15)21-13(17)23/h3-4H,5-6H2,1-2H3,(H5,15,17,19,21,23)(H5,16,18,20,22,24)/p+2. The van der Waals surface area contributed by atoms with Gasteiger partial charge in [0.25, 0.3) is 0 Å². The molecule has 0 amide bonds. The van der Waals surface area contributed by atoms with Crippen molar-refractivity contribution in [2.75, 3.05) is 0 Å². The second-order valence-electron chi connectivity index (χ2n) is 5.22. The predicted molar refractivity (Wildman–Crippen MR) is 103 cm³/mol. The number of thiocarbonyl (C=S) groups is 2. The third-order valence-corrected chi connectivity index (χ3v) is 3.45. The lowest BCUT2D eigenvalue weighted by Gasteiger charge is -2.09. The van der Waals surface area contributed by atoms with Crippen molar-refractivity contribution >= 4 is 46.6 Å². The molecule has 24 heavy (non-hydrogen) atoms. The van der Waals surface area contributed by atoms with Crippen molar-refractivity contribution in [3.8, 4) is 0 Å². The highest BCUT2D eigenvalue weighted by atomic mass is 32.1. The summed E-state index contributed by atoms with van der Waals surface area (Å²) in [5.74, 6) is 0.632. The predicted octanol–water partition coefficient (Wildman–Crippen LogP) is -4.24. The van der Waals surface area contributed by atoms with E-state index in [1.54, 1.807) is 0 Å². The lowest BCUT2D eigenvalue weighted by atomic mass is 10.00. The van der Waals surface area contributed by atoms with Crippen LogP contribution in [0.2, 0.25) is 0 Å². The molecule has 0 radical (unpaired) electrons. The smallest absolute Gasteiger partial charge is 0.348 e. The van der Waals surface area contributed by atoms with E-state index in [4.69, 9.17) is 47.4 Å². The highest BCUT2D eigenvalue weighted by Gasteiger charge is 2.07. The van der Waals surface area contributed by atoms with Gasteiger partial charge in [-0.3, -0.25) is 21.5 Å². The van der Waals surface area contributed by atoms with Gasteiger partial charge < -0.3 is 11.5 Å². The Kier molecular flexibility index (Phi) is 7.33. The number of guanidine groups is 2. The average Bonchev–Trinajstić information content (AvgIpc) is 2.44. The topological polar surface area (TPSA) is 156 Å². The molecule has 8 nitrogen and oxygen atoms in total. The summed E-state index contributed by atoms with van der Waals surface area (Å²) in [6, 6.07) is 4.18. The molecule has 1 rings (SSSR count). The van der Waals surface area contributed by atoms with Gasteiger partial charge in [0, 0.05) is 0 Å². The molecule has 1 aromatic rings. The van der Waals surface area contributed by atoms with Crippen LogP contribution in [0.4, 0.5) is 0 Å². The van der Waals surface area contributed by atoms with Crippen molar-refractivity contribution in [2.24, 2.45) is 22.9 Å². The molecule has 0 atom stereocenters. The highest BCUT2D eigenvalue weighted by molar-refractivity contribution is 7.80. The maximum Gasteiger partial charge on any atom is 0.348 e. The first-order valence-electron chi connectivity index (χ1n) is 7.13. The summed E-state index contributed by atoms with van der Waals surface area (Å²) >= 11 is 9.46. The highest BCUT2D eigenvalue weighted by Crippen LogP contribution is 2.14. The van der Waals surface area contributed by atoms with E-state index < -0.39 is 0 Å². The van der Waals surface area contributed by atoms with E-state index in [9.17, 15) is 0 Å². The fourth-order valence-electron chi connectivity index (χ4n) is 2.05. The first-order chi connectivity index (χ1) is 11.2. The van der Waals surface area contributed by atoms with Crippen molar-refractivity contribution < 1.29 is 9.98 Å². The summed E-state index contributed by atoms with van der Waals surface area (Å²) in [6.45, 7) is 5.16. The van der Waals surface area contributed by atoms with Crippen molar-refractivity contribution in [1.82, 2.24) is 10.6 Å². The molecule has 0 spiro atoms. The molecule has 0 fully saturated rings. The van der Waals surface area contributed by atoms with Crippen molar-refractivity contribution in [3.63, 3.8) is 0 Å². The molecule has 0 aromatic heterocycles. The quantitative estimate of drug-likeness (QED) is 0.151. The van der Waals surface area contributed by atoms with Gasteiger partial charge in [0.2, 0.25) is 10.2 Å². The lowest BCUT2D eigenvalue weighted by molar-refractivity contribution is -0.479. The molecule has 0 aliphatic heterocycles. The molecule has 0 aliphatic rings. The molecule has 0 heterocycles. The zero-order valence-electron chi connectivity index (χ0n) is 13.7. The van der Waals surface area contributed by atoms with Crippen molar-refractivity contribution in [1.29, 1.82) is 0 Å². The number of benzene rings is 1. The summed E-state index contributed by atoms with van der Waals surface area (Å²) in [6.07, 6.45) is 0. The Morgan fingerprint density at radius 1 is 0.833 bits per heavy atom. The van der Waals surface area contributed by atoms with E-state index in [-0.39, 0.29) is 10.2 Å². The van der Waals surface area contributed by atoms with Crippen LogP contribution in [0.25, 0.3) is 0 Å². The van der Waals surface area contributed by atoms with E-state index >= 15 is 0 Å². The van der Waals surface area contributed by atoms with E-state index in [2.05, 4.69) is 32.8 Å². The summed E-state index contributed by atoms with van der Waals surface area (Å²) in [7, 11) is 0. The molecular formula is C14H24N8S2+2. The molecule has 1 aromatic carbocycles. The Bertz CT molecular complexity index is 637. The third-order valence-electron chi connectivity index (χ3n) is 3.25. The summed E-state index contributed by atoms with van der Waals surface area (Å²) in [4.78, 5) is 6.05. The Balaban J connectivity index is 2.86. The van der Waals surface area contributed by atoms with Crippen LogP contribution in [0.15, 0.2) is 12.1 Å². The number of nitrogens with one attached hydrogen (secondary N) is 4. The Morgan fingerprint density at radius 3 is 1.46 bits per heavy atom. The third kappa shape index (κ3) is 6.75. The largest absolute Gasteiger partial charge is 0.363 e.